The van der Waals surface area contributed by atoms with Crippen LogP contribution in [-0.4, -0.2) is 29.1 Å². The van der Waals surface area contributed by atoms with Crippen molar-refractivity contribution in [3.05, 3.63) is 22.7 Å². The fraction of sp³-hybridized carbons (Fsp3) is 0.250. The van der Waals surface area contributed by atoms with Crippen molar-refractivity contribution >= 4 is 41.7 Å². The monoisotopic (exact) mass is 357 g/mol. The molecule has 10 heteroatoms. The predicted molar refractivity (Wildman–Crippen MR) is 71.7 cm³/mol. The Morgan fingerprint density at radius 2 is 1.83 bits per heavy atom. The zero-order valence-corrected chi connectivity index (χ0v) is 12.3. The van der Waals surface area contributed by atoms with E-state index in [4.69, 9.17) is 10.9 Å². The lowest BCUT2D eigenvalue weighted by molar-refractivity contribution is 0.581. The maximum absolute atomic E-state index is 11.9. The summed E-state index contributed by atoms with van der Waals surface area (Å²) in [6, 6.07) is 4.29. The lowest BCUT2D eigenvalue weighted by atomic mass is 10.3. The van der Waals surface area contributed by atoms with Crippen molar-refractivity contribution in [1.29, 1.82) is 0 Å². The first-order chi connectivity index (χ1) is 8.12. The van der Waals surface area contributed by atoms with Crippen LogP contribution in [0.4, 0.5) is 5.69 Å². The second kappa shape index (κ2) is 5.53. The van der Waals surface area contributed by atoms with Crippen molar-refractivity contribution in [2.24, 2.45) is 5.14 Å². The predicted octanol–water partition coefficient (Wildman–Crippen LogP) is -0.402. The molecule has 0 aromatic heterocycles. The van der Waals surface area contributed by atoms with Gasteiger partial charge in [-0.15, -0.1) is 0 Å². The van der Waals surface area contributed by atoms with E-state index in [9.17, 15) is 16.8 Å². The molecule has 0 heterocycles. The number of sulfonamides is 2. The number of hydrogen-bond acceptors (Lipinski definition) is 5. The number of primary sulfonamides is 1. The summed E-state index contributed by atoms with van der Waals surface area (Å²) >= 11 is 3.08. The van der Waals surface area contributed by atoms with Gasteiger partial charge in [-0.25, -0.2) is 26.7 Å². The molecule has 0 saturated heterocycles. The number of hydrogen-bond donors (Lipinski definition) is 3. The van der Waals surface area contributed by atoms with Gasteiger partial charge in [0.2, 0.25) is 20.0 Å². The van der Waals surface area contributed by atoms with Crippen molar-refractivity contribution in [3.8, 4) is 0 Å². The number of halogens is 1. The first-order valence-electron chi connectivity index (χ1n) is 4.67. The van der Waals surface area contributed by atoms with Gasteiger partial charge < -0.3 is 5.73 Å². The minimum Gasteiger partial charge on any atom is -0.399 e. The second-order valence-electron chi connectivity index (χ2n) is 3.45. The number of nitrogens with two attached hydrogens (primary N) is 2. The van der Waals surface area contributed by atoms with Gasteiger partial charge in [-0.2, -0.15) is 0 Å². The van der Waals surface area contributed by atoms with E-state index in [1.54, 1.807) is 0 Å². The highest BCUT2D eigenvalue weighted by atomic mass is 79.9. The third-order valence-electron chi connectivity index (χ3n) is 1.92. The SMILES string of the molecule is Nc1ccc(Br)c(S(=O)(=O)NCCS(N)(=O)=O)c1. The molecule has 5 N–H and O–H groups in total. The molecule has 0 radical (unpaired) electrons. The van der Waals surface area contributed by atoms with E-state index in [1.165, 1.54) is 18.2 Å². The van der Waals surface area contributed by atoms with Gasteiger partial charge >= 0.3 is 0 Å². The van der Waals surface area contributed by atoms with Crippen LogP contribution in [-0.2, 0) is 20.0 Å². The van der Waals surface area contributed by atoms with Gasteiger partial charge in [0.05, 0.1) is 10.6 Å². The van der Waals surface area contributed by atoms with Gasteiger partial charge in [-0.1, -0.05) is 0 Å². The highest BCUT2D eigenvalue weighted by Crippen LogP contribution is 2.23. The van der Waals surface area contributed by atoms with Crippen LogP contribution in [0, 0.1) is 0 Å². The number of benzene rings is 1. The Balaban J connectivity index is 2.90. The Morgan fingerprint density at radius 1 is 1.22 bits per heavy atom. The van der Waals surface area contributed by atoms with Crippen molar-refractivity contribution in [1.82, 2.24) is 4.72 Å². The zero-order chi connectivity index (χ0) is 14.0. The molecule has 0 spiro atoms. The Labute approximate surface area is 114 Å². The second-order valence-corrected chi connectivity index (χ2v) is 7.78. The molecule has 1 aromatic carbocycles. The van der Waals surface area contributed by atoms with E-state index in [0.29, 0.717) is 4.47 Å². The molecule has 7 nitrogen and oxygen atoms in total. The Hall–Kier alpha value is -0.680. The zero-order valence-electron chi connectivity index (χ0n) is 9.13. The van der Waals surface area contributed by atoms with Crippen molar-refractivity contribution in [2.45, 2.75) is 4.90 Å². The average molecular weight is 358 g/mol. The molecule has 0 aliphatic carbocycles. The minimum atomic E-state index is -3.83. The lowest BCUT2D eigenvalue weighted by Crippen LogP contribution is -2.31. The molecule has 0 saturated carbocycles. The molecule has 102 valence electrons. The quantitative estimate of drug-likeness (QED) is 0.616. The highest BCUT2D eigenvalue weighted by Gasteiger charge is 2.18. The van der Waals surface area contributed by atoms with Crippen LogP contribution in [0.3, 0.4) is 0 Å². The third-order valence-corrected chi connectivity index (χ3v) is 5.15. The van der Waals surface area contributed by atoms with Crippen LogP contribution >= 0.6 is 15.9 Å². The maximum atomic E-state index is 11.9. The normalized spacial score (nSPS) is 12.6. The van der Waals surface area contributed by atoms with Crippen LogP contribution in [0.25, 0.3) is 0 Å². The van der Waals surface area contributed by atoms with E-state index in [0.717, 1.165) is 0 Å². The molecule has 0 fully saturated rings. The first kappa shape index (κ1) is 15.4. The van der Waals surface area contributed by atoms with E-state index in [2.05, 4.69) is 20.7 Å². The number of nitrogens with one attached hydrogen (secondary N) is 1. The van der Waals surface area contributed by atoms with E-state index in [1.807, 2.05) is 0 Å². The third kappa shape index (κ3) is 4.53. The van der Waals surface area contributed by atoms with Crippen LogP contribution in [0.1, 0.15) is 0 Å². The lowest BCUT2D eigenvalue weighted by Gasteiger charge is -2.08. The van der Waals surface area contributed by atoms with Crippen LogP contribution in [0.15, 0.2) is 27.6 Å². The van der Waals surface area contributed by atoms with Crippen molar-refractivity contribution in [3.63, 3.8) is 0 Å². The molecule has 0 atom stereocenters. The van der Waals surface area contributed by atoms with Crippen LogP contribution in [0.5, 0.6) is 0 Å². The molecule has 0 unspecified atom stereocenters. The van der Waals surface area contributed by atoms with E-state index in [-0.39, 0.29) is 17.1 Å². The minimum absolute atomic E-state index is 0.0584. The van der Waals surface area contributed by atoms with Gasteiger partial charge in [0.25, 0.3) is 0 Å². The van der Waals surface area contributed by atoms with Crippen LogP contribution in [0.2, 0.25) is 0 Å². The molecule has 0 bridgehead atoms. The van der Waals surface area contributed by atoms with Gasteiger partial charge in [0, 0.05) is 16.7 Å². The van der Waals surface area contributed by atoms with Gasteiger partial charge in [-0.05, 0) is 34.1 Å². The standard InChI is InChI=1S/C8H12BrN3O4S2/c9-7-2-1-6(10)5-8(7)18(15,16)12-3-4-17(11,13)14/h1-2,5,12H,3-4,10H2,(H2,11,13,14). The van der Waals surface area contributed by atoms with Gasteiger partial charge in [0.1, 0.15) is 0 Å². The number of nitrogen functional groups attached to an aromatic ring is 1. The Kier molecular flexibility index (Phi) is 4.72. The van der Waals surface area contributed by atoms with Gasteiger partial charge in [-0.3, -0.25) is 0 Å². The summed E-state index contributed by atoms with van der Waals surface area (Å²) in [6.07, 6.45) is 0. The fourth-order valence-corrected chi connectivity index (χ4v) is 3.67. The molecule has 0 aliphatic rings. The summed E-state index contributed by atoms with van der Waals surface area (Å²) in [7, 11) is -7.54. The first-order valence-corrected chi connectivity index (χ1v) is 8.66. The summed E-state index contributed by atoms with van der Waals surface area (Å²) in [4.78, 5) is -0.0584. The summed E-state index contributed by atoms with van der Waals surface area (Å²) in [5, 5.41) is 4.77. The smallest absolute Gasteiger partial charge is 0.241 e. The maximum Gasteiger partial charge on any atom is 0.241 e. The molecule has 1 aromatic rings. The summed E-state index contributed by atoms with van der Waals surface area (Å²) in [6.45, 7) is -0.303. The molecular formula is C8H12BrN3O4S2. The number of anilines is 1. The Morgan fingerprint density at radius 3 is 2.39 bits per heavy atom. The van der Waals surface area contributed by atoms with Crippen molar-refractivity contribution < 1.29 is 16.8 Å². The van der Waals surface area contributed by atoms with Gasteiger partial charge in [0.15, 0.2) is 0 Å². The molecule has 1 rings (SSSR count). The molecular weight excluding hydrogens is 346 g/mol. The average Bonchev–Trinajstić information content (AvgIpc) is 2.19. The summed E-state index contributed by atoms with van der Waals surface area (Å²) < 4.78 is 47.6. The Bertz CT molecular complexity index is 642. The van der Waals surface area contributed by atoms with Crippen molar-refractivity contribution in [2.75, 3.05) is 18.0 Å². The van der Waals surface area contributed by atoms with E-state index >= 15 is 0 Å². The van der Waals surface area contributed by atoms with Crippen LogP contribution < -0.4 is 15.6 Å². The molecule has 0 aliphatic heterocycles. The summed E-state index contributed by atoms with van der Waals surface area (Å²) in [5.74, 6) is -0.480. The molecule has 18 heavy (non-hydrogen) atoms. The topological polar surface area (TPSA) is 132 Å². The number of rotatable bonds is 5. The summed E-state index contributed by atoms with van der Waals surface area (Å²) in [5.41, 5.74) is 5.78. The largest absolute Gasteiger partial charge is 0.399 e. The van der Waals surface area contributed by atoms with E-state index < -0.39 is 25.8 Å². The highest BCUT2D eigenvalue weighted by molar-refractivity contribution is 9.10. The fourth-order valence-electron chi connectivity index (χ4n) is 1.12. The molecule has 0 amide bonds.